The van der Waals surface area contributed by atoms with Crippen LogP contribution in [-0.4, -0.2) is 36.2 Å². The molecule has 17 heavy (non-hydrogen) atoms. The Morgan fingerprint density at radius 2 is 2.18 bits per heavy atom. The molecule has 2 nitrogen and oxygen atoms in total. The zero-order valence-electron chi connectivity index (χ0n) is 9.50. The van der Waals surface area contributed by atoms with E-state index in [1.54, 1.807) is 18.2 Å². The number of nitrogens with zero attached hydrogens (tertiary/aromatic N) is 1. The number of aryl methyl sites for hydroxylation is 1. The van der Waals surface area contributed by atoms with Crippen molar-refractivity contribution in [3.8, 4) is 0 Å². The summed E-state index contributed by atoms with van der Waals surface area (Å²) in [6, 6.07) is 6.86. The SMILES string of the molecule is Cc1cccc(C(=O)N(CCCl)CC(F)F)c1. The van der Waals surface area contributed by atoms with Crippen LogP contribution in [0, 0.1) is 6.92 Å². The molecule has 0 heterocycles. The van der Waals surface area contributed by atoms with Gasteiger partial charge in [-0.2, -0.15) is 0 Å². The minimum Gasteiger partial charge on any atom is -0.332 e. The molecule has 0 aliphatic heterocycles. The van der Waals surface area contributed by atoms with Crippen molar-refractivity contribution in [2.75, 3.05) is 19.0 Å². The van der Waals surface area contributed by atoms with Gasteiger partial charge in [0.1, 0.15) is 0 Å². The van der Waals surface area contributed by atoms with Crippen LogP contribution < -0.4 is 0 Å². The Morgan fingerprint density at radius 3 is 2.71 bits per heavy atom. The number of benzene rings is 1. The molecule has 0 N–H and O–H groups in total. The molecule has 0 aliphatic rings. The van der Waals surface area contributed by atoms with E-state index in [-0.39, 0.29) is 12.4 Å². The fraction of sp³-hybridized carbons (Fsp3) is 0.417. The number of carbonyl (C=O) groups excluding carboxylic acids is 1. The molecule has 0 saturated heterocycles. The monoisotopic (exact) mass is 261 g/mol. The van der Waals surface area contributed by atoms with Crippen molar-refractivity contribution in [2.45, 2.75) is 13.3 Å². The van der Waals surface area contributed by atoms with Crippen molar-refractivity contribution in [1.29, 1.82) is 0 Å². The van der Waals surface area contributed by atoms with Gasteiger partial charge in [0.25, 0.3) is 12.3 Å². The number of rotatable bonds is 5. The molecule has 0 atom stereocenters. The maximum Gasteiger partial charge on any atom is 0.255 e. The van der Waals surface area contributed by atoms with Crippen LogP contribution in [0.3, 0.4) is 0 Å². The van der Waals surface area contributed by atoms with E-state index in [2.05, 4.69) is 0 Å². The van der Waals surface area contributed by atoms with Gasteiger partial charge in [-0.15, -0.1) is 11.6 Å². The van der Waals surface area contributed by atoms with E-state index in [4.69, 9.17) is 11.6 Å². The van der Waals surface area contributed by atoms with Crippen LogP contribution in [0.1, 0.15) is 15.9 Å². The van der Waals surface area contributed by atoms with Gasteiger partial charge in [0.2, 0.25) is 0 Å². The molecule has 0 spiro atoms. The van der Waals surface area contributed by atoms with E-state index in [1.807, 2.05) is 13.0 Å². The predicted molar refractivity (Wildman–Crippen MR) is 63.8 cm³/mol. The highest BCUT2D eigenvalue weighted by Gasteiger charge is 2.19. The third-order valence-corrected chi connectivity index (χ3v) is 2.43. The van der Waals surface area contributed by atoms with Gasteiger partial charge < -0.3 is 4.90 Å². The number of hydrogen-bond acceptors (Lipinski definition) is 1. The molecule has 0 unspecified atom stereocenters. The smallest absolute Gasteiger partial charge is 0.255 e. The topological polar surface area (TPSA) is 20.3 Å². The lowest BCUT2D eigenvalue weighted by molar-refractivity contribution is 0.0571. The van der Waals surface area contributed by atoms with Crippen LogP contribution in [0.15, 0.2) is 24.3 Å². The van der Waals surface area contributed by atoms with Crippen LogP contribution in [0.5, 0.6) is 0 Å². The van der Waals surface area contributed by atoms with E-state index in [0.29, 0.717) is 5.56 Å². The summed E-state index contributed by atoms with van der Waals surface area (Å²) in [5, 5.41) is 0. The number of halogens is 3. The number of hydrogen-bond donors (Lipinski definition) is 0. The van der Waals surface area contributed by atoms with Crippen LogP contribution >= 0.6 is 11.6 Å². The number of carbonyl (C=O) groups is 1. The second kappa shape index (κ2) is 6.55. The Morgan fingerprint density at radius 1 is 1.47 bits per heavy atom. The van der Waals surface area contributed by atoms with Crippen molar-refractivity contribution in [3.63, 3.8) is 0 Å². The largest absolute Gasteiger partial charge is 0.332 e. The molecule has 0 fully saturated rings. The second-order valence-electron chi connectivity index (χ2n) is 3.70. The first-order chi connectivity index (χ1) is 8.04. The lowest BCUT2D eigenvalue weighted by atomic mass is 10.1. The lowest BCUT2D eigenvalue weighted by Crippen LogP contribution is -2.36. The normalized spacial score (nSPS) is 10.6. The summed E-state index contributed by atoms with van der Waals surface area (Å²) in [5.74, 6) is -0.265. The van der Waals surface area contributed by atoms with E-state index in [9.17, 15) is 13.6 Å². The molecule has 0 radical (unpaired) electrons. The second-order valence-corrected chi connectivity index (χ2v) is 4.08. The molecule has 1 amide bonds. The van der Waals surface area contributed by atoms with Gasteiger partial charge in [-0.05, 0) is 19.1 Å². The molecule has 1 aromatic rings. The summed E-state index contributed by atoms with van der Waals surface area (Å²) in [4.78, 5) is 13.0. The molecule has 1 rings (SSSR count). The van der Waals surface area contributed by atoms with E-state index in [1.165, 1.54) is 0 Å². The van der Waals surface area contributed by atoms with Gasteiger partial charge in [-0.25, -0.2) is 8.78 Å². The van der Waals surface area contributed by atoms with Crippen LogP contribution in [0.4, 0.5) is 8.78 Å². The maximum absolute atomic E-state index is 12.3. The highest BCUT2D eigenvalue weighted by molar-refractivity contribution is 6.18. The molecule has 5 heteroatoms. The van der Waals surface area contributed by atoms with E-state index >= 15 is 0 Å². The first kappa shape index (κ1) is 13.9. The van der Waals surface area contributed by atoms with Gasteiger partial charge >= 0.3 is 0 Å². The fourth-order valence-corrected chi connectivity index (χ4v) is 1.71. The molecular formula is C12H14ClF2NO. The summed E-state index contributed by atoms with van der Waals surface area (Å²) in [6.07, 6.45) is -2.55. The van der Waals surface area contributed by atoms with Crippen molar-refractivity contribution in [3.05, 3.63) is 35.4 Å². The Balaban J connectivity index is 2.83. The van der Waals surface area contributed by atoms with Gasteiger partial charge in [0.05, 0.1) is 6.54 Å². The molecule has 94 valence electrons. The molecule has 0 saturated carbocycles. The van der Waals surface area contributed by atoms with Crippen molar-refractivity contribution in [2.24, 2.45) is 0 Å². The minimum atomic E-state index is -2.55. The first-order valence-electron chi connectivity index (χ1n) is 5.24. The Hall–Kier alpha value is -1.16. The summed E-state index contributed by atoms with van der Waals surface area (Å²) in [5.41, 5.74) is 1.33. The highest BCUT2D eigenvalue weighted by atomic mass is 35.5. The molecular weight excluding hydrogens is 248 g/mol. The quantitative estimate of drug-likeness (QED) is 0.747. The Labute approximate surface area is 104 Å². The predicted octanol–water partition coefficient (Wildman–Crippen LogP) is 2.94. The van der Waals surface area contributed by atoms with Crippen LogP contribution in [0.2, 0.25) is 0 Å². The number of alkyl halides is 3. The van der Waals surface area contributed by atoms with Gasteiger partial charge in [-0.3, -0.25) is 4.79 Å². The summed E-state index contributed by atoms with van der Waals surface area (Å²) in [6.45, 7) is 1.38. The molecule has 0 aromatic heterocycles. The summed E-state index contributed by atoms with van der Waals surface area (Å²) in [7, 11) is 0. The summed E-state index contributed by atoms with van der Waals surface area (Å²) >= 11 is 5.50. The minimum absolute atomic E-state index is 0.124. The van der Waals surface area contributed by atoms with Crippen LogP contribution in [-0.2, 0) is 0 Å². The first-order valence-corrected chi connectivity index (χ1v) is 5.78. The maximum atomic E-state index is 12.3. The van der Waals surface area contributed by atoms with Crippen molar-refractivity contribution >= 4 is 17.5 Å². The van der Waals surface area contributed by atoms with Gasteiger partial charge in [0, 0.05) is 18.0 Å². The van der Waals surface area contributed by atoms with E-state index in [0.717, 1.165) is 10.5 Å². The number of amides is 1. The standard InChI is InChI=1S/C12H14ClF2NO/c1-9-3-2-4-10(7-9)12(17)16(6-5-13)8-11(14)15/h2-4,7,11H,5-6,8H2,1H3. The summed E-state index contributed by atoms with van der Waals surface area (Å²) < 4.78 is 24.7. The molecule has 1 aromatic carbocycles. The third kappa shape index (κ3) is 4.30. The average Bonchev–Trinajstić information content (AvgIpc) is 2.27. The lowest BCUT2D eigenvalue weighted by Gasteiger charge is -2.21. The van der Waals surface area contributed by atoms with Crippen molar-refractivity contribution < 1.29 is 13.6 Å². The average molecular weight is 262 g/mol. The van der Waals surface area contributed by atoms with Gasteiger partial charge in [0.15, 0.2) is 0 Å². The Bertz CT molecular complexity index is 385. The van der Waals surface area contributed by atoms with E-state index < -0.39 is 18.9 Å². The fourth-order valence-electron chi connectivity index (χ4n) is 1.51. The van der Waals surface area contributed by atoms with Gasteiger partial charge in [-0.1, -0.05) is 17.7 Å². The zero-order chi connectivity index (χ0) is 12.8. The zero-order valence-corrected chi connectivity index (χ0v) is 10.3. The Kier molecular flexibility index (Phi) is 5.35. The molecule has 0 aliphatic carbocycles. The van der Waals surface area contributed by atoms with Crippen molar-refractivity contribution in [1.82, 2.24) is 4.90 Å². The third-order valence-electron chi connectivity index (χ3n) is 2.27. The van der Waals surface area contributed by atoms with Crippen LogP contribution in [0.25, 0.3) is 0 Å². The highest BCUT2D eigenvalue weighted by Crippen LogP contribution is 2.09. The molecule has 0 bridgehead atoms.